The van der Waals surface area contributed by atoms with Gasteiger partial charge in [0.1, 0.15) is 11.5 Å². The number of likely N-dealkylation sites (tertiary alicyclic amines) is 1. The summed E-state index contributed by atoms with van der Waals surface area (Å²) >= 11 is 0. The molecule has 1 atom stereocenters. The molecule has 0 aliphatic carbocycles. The number of hydrogen-bond acceptors (Lipinski definition) is 5. The lowest BCUT2D eigenvalue weighted by molar-refractivity contribution is -0.139. The fraction of sp³-hybridized carbons (Fsp3) is 0.269. The third kappa shape index (κ3) is 4.82. The Morgan fingerprint density at radius 2 is 1.82 bits per heavy atom. The molecule has 1 aliphatic rings. The quantitative estimate of drug-likeness (QED) is 0.303. The van der Waals surface area contributed by atoms with Gasteiger partial charge in [-0.1, -0.05) is 37.3 Å². The summed E-state index contributed by atoms with van der Waals surface area (Å²) in [6.45, 7) is 3.67. The van der Waals surface area contributed by atoms with E-state index in [4.69, 9.17) is 4.74 Å². The second kappa shape index (κ2) is 10.2. The second-order valence-corrected chi connectivity index (χ2v) is 7.93. The number of benzene rings is 2. The average molecular weight is 446 g/mol. The summed E-state index contributed by atoms with van der Waals surface area (Å²) in [4.78, 5) is 31.6. The number of rotatable bonds is 9. The standard InChI is InChI=1S/C26H27N3O4/c1-2-17-33-21-11-9-20(10-12-21)24(30)22-23(19-7-4-3-5-8-19)29(26(32)25(22)31)15-6-14-28-16-13-27-18-28/h3-5,7-13,16,18,23,30H,2,6,14-15,17H2,1H3/b24-22+/t23-/m1/s1. The maximum absolute atomic E-state index is 13.1. The van der Waals surface area contributed by atoms with E-state index in [2.05, 4.69) is 4.98 Å². The summed E-state index contributed by atoms with van der Waals surface area (Å²) < 4.78 is 7.53. The number of hydrogen-bond donors (Lipinski definition) is 1. The summed E-state index contributed by atoms with van der Waals surface area (Å²) in [5.74, 6) is -0.761. The molecule has 1 fully saturated rings. The molecule has 0 radical (unpaired) electrons. The van der Waals surface area contributed by atoms with Gasteiger partial charge in [-0.05, 0) is 42.7 Å². The molecule has 1 saturated heterocycles. The van der Waals surface area contributed by atoms with Gasteiger partial charge in [-0.3, -0.25) is 9.59 Å². The Hall–Kier alpha value is -3.87. The number of imidazole rings is 1. The monoisotopic (exact) mass is 445 g/mol. The molecule has 0 saturated carbocycles. The van der Waals surface area contributed by atoms with Crippen LogP contribution in [0.15, 0.2) is 78.9 Å². The molecule has 7 nitrogen and oxygen atoms in total. The fourth-order valence-corrected chi connectivity index (χ4v) is 4.02. The van der Waals surface area contributed by atoms with E-state index in [1.54, 1.807) is 41.7 Å². The summed E-state index contributed by atoms with van der Waals surface area (Å²) in [5, 5.41) is 11.1. The van der Waals surface area contributed by atoms with E-state index >= 15 is 0 Å². The van der Waals surface area contributed by atoms with Crippen molar-refractivity contribution in [3.63, 3.8) is 0 Å². The molecule has 1 aliphatic heterocycles. The minimum Gasteiger partial charge on any atom is -0.507 e. The van der Waals surface area contributed by atoms with Gasteiger partial charge >= 0.3 is 0 Å². The van der Waals surface area contributed by atoms with Crippen LogP contribution < -0.4 is 4.74 Å². The van der Waals surface area contributed by atoms with Crippen LogP contribution in [0.25, 0.3) is 5.76 Å². The lowest BCUT2D eigenvalue weighted by Gasteiger charge is -2.25. The third-order valence-electron chi connectivity index (χ3n) is 5.63. The Kier molecular flexibility index (Phi) is 6.88. The number of aliphatic hydroxyl groups excluding tert-OH is 1. The van der Waals surface area contributed by atoms with E-state index in [1.165, 1.54) is 0 Å². The molecule has 2 heterocycles. The zero-order chi connectivity index (χ0) is 23.2. The molecule has 0 unspecified atom stereocenters. The highest BCUT2D eigenvalue weighted by Crippen LogP contribution is 2.39. The Morgan fingerprint density at radius 1 is 1.06 bits per heavy atom. The van der Waals surface area contributed by atoms with Gasteiger partial charge in [0, 0.05) is 31.0 Å². The first-order chi connectivity index (χ1) is 16.1. The number of nitrogens with zero attached hydrogens (tertiary/aromatic N) is 3. The third-order valence-corrected chi connectivity index (χ3v) is 5.63. The van der Waals surface area contributed by atoms with Crippen LogP contribution in [0.4, 0.5) is 0 Å². The normalized spacial score (nSPS) is 17.5. The van der Waals surface area contributed by atoms with Gasteiger partial charge in [0.05, 0.1) is 24.5 Å². The molecule has 1 aromatic heterocycles. The number of aromatic nitrogens is 2. The number of amides is 1. The minimum atomic E-state index is -0.671. The topological polar surface area (TPSA) is 84.7 Å². The Morgan fingerprint density at radius 3 is 2.48 bits per heavy atom. The van der Waals surface area contributed by atoms with E-state index in [1.807, 2.05) is 48.0 Å². The SMILES string of the molecule is CCCOc1ccc(/C(O)=C2\C(=O)C(=O)N(CCCn3ccnc3)[C@@H]2c2ccccc2)cc1. The van der Waals surface area contributed by atoms with Crippen LogP contribution in [0, 0.1) is 0 Å². The van der Waals surface area contributed by atoms with Crippen molar-refractivity contribution < 1.29 is 19.4 Å². The molecule has 4 rings (SSSR count). The van der Waals surface area contributed by atoms with E-state index in [0.29, 0.717) is 37.4 Å². The molecular weight excluding hydrogens is 418 g/mol. The van der Waals surface area contributed by atoms with Crippen molar-refractivity contribution in [2.75, 3.05) is 13.2 Å². The molecule has 1 amide bonds. The Balaban J connectivity index is 1.66. The van der Waals surface area contributed by atoms with Crippen molar-refractivity contribution in [2.45, 2.75) is 32.4 Å². The number of ether oxygens (including phenoxy) is 1. The number of Topliss-reactive ketones (excluding diaryl/α,β-unsaturated/α-hetero) is 1. The van der Waals surface area contributed by atoms with Gasteiger partial charge in [0.25, 0.3) is 11.7 Å². The van der Waals surface area contributed by atoms with Gasteiger partial charge in [0.2, 0.25) is 0 Å². The van der Waals surface area contributed by atoms with Gasteiger partial charge in [0.15, 0.2) is 0 Å². The molecule has 7 heteroatoms. The largest absolute Gasteiger partial charge is 0.507 e. The number of ketones is 1. The van der Waals surface area contributed by atoms with Crippen molar-refractivity contribution >= 4 is 17.4 Å². The Bertz CT molecular complexity index is 1120. The van der Waals surface area contributed by atoms with Crippen LogP contribution in [0.2, 0.25) is 0 Å². The van der Waals surface area contributed by atoms with Crippen LogP contribution in [0.3, 0.4) is 0 Å². The van der Waals surface area contributed by atoms with E-state index < -0.39 is 17.7 Å². The molecule has 0 spiro atoms. The molecule has 33 heavy (non-hydrogen) atoms. The number of aryl methyl sites for hydroxylation is 1. The lowest BCUT2D eigenvalue weighted by atomic mass is 9.95. The maximum atomic E-state index is 13.1. The maximum Gasteiger partial charge on any atom is 0.295 e. The van der Waals surface area contributed by atoms with Crippen molar-refractivity contribution in [1.82, 2.24) is 14.5 Å². The summed E-state index contributed by atoms with van der Waals surface area (Å²) in [6, 6.07) is 15.6. The average Bonchev–Trinajstić information content (AvgIpc) is 3.45. The van der Waals surface area contributed by atoms with Crippen molar-refractivity contribution in [3.05, 3.63) is 90.0 Å². The summed E-state index contributed by atoms with van der Waals surface area (Å²) in [7, 11) is 0. The lowest BCUT2D eigenvalue weighted by Crippen LogP contribution is -2.31. The minimum absolute atomic E-state index is 0.107. The van der Waals surface area contributed by atoms with Crippen LogP contribution in [-0.2, 0) is 16.1 Å². The molecular formula is C26H27N3O4. The second-order valence-electron chi connectivity index (χ2n) is 7.93. The highest BCUT2D eigenvalue weighted by molar-refractivity contribution is 6.46. The van der Waals surface area contributed by atoms with Gasteiger partial charge in [-0.15, -0.1) is 0 Å². The van der Waals surface area contributed by atoms with Crippen molar-refractivity contribution in [1.29, 1.82) is 0 Å². The molecule has 1 N–H and O–H groups in total. The van der Waals surface area contributed by atoms with Crippen LogP contribution >= 0.6 is 0 Å². The van der Waals surface area contributed by atoms with Crippen LogP contribution in [0.5, 0.6) is 5.75 Å². The van der Waals surface area contributed by atoms with E-state index in [-0.39, 0.29) is 11.3 Å². The van der Waals surface area contributed by atoms with E-state index in [0.717, 1.165) is 12.0 Å². The zero-order valence-electron chi connectivity index (χ0n) is 18.6. The molecule has 3 aromatic rings. The first-order valence-corrected chi connectivity index (χ1v) is 11.1. The Labute approximate surface area is 192 Å². The van der Waals surface area contributed by atoms with Crippen LogP contribution in [0.1, 0.15) is 36.9 Å². The first kappa shape index (κ1) is 22.3. The van der Waals surface area contributed by atoms with E-state index in [9.17, 15) is 14.7 Å². The summed E-state index contributed by atoms with van der Waals surface area (Å²) in [5.41, 5.74) is 1.36. The number of carbonyl (C=O) groups excluding carboxylic acids is 2. The van der Waals surface area contributed by atoms with Crippen LogP contribution in [-0.4, -0.2) is 44.4 Å². The predicted molar refractivity (Wildman–Crippen MR) is 125 cm³/mol. The summed E-state index contributed by atoms with van der Waals surface area (Å²) in [6.07, 6.45) is 6.82. The molecule has 170 valence electrons. The number of aliphatic hydroxyl groups is 1. The van der Waals surface area contributed by atoms with Crippen molar-refractivity contribution in [3.8, 4) is 5.75 Å². The highest BCUT2D eigenvalue weighted by Gasteiger charge is 2.45. The molecule has 2 aromatic carbocycles. The first-order valence-electron chi connectivity index (χ1n) is 11.1. The van der Waals surface area contributed by atoms with Gasteiger partial charge in [-0.25, -0.2) is 4.98 Å². The fourth-order valence-electron chi connectivity index (χ4n) is 4.02. The smallest absolute Gasteiger partial charge is 0.295 e. The predicted octanol–water partition coefficient (Wildman–Crippen LogP) is 4.18. The van der Waals surface area contributed by atoms with Crippen molar-refractivity contribution in [2.24, 2.45) is 0 Å². The highest BCUT2D eigenvalue weighted by atomic mass is 16.5. The van der Waals surface area contributed by atoms with Gasteiger partial charge in [-0.2, -0.15) is 0 Å². The van der Waals surface area contributed by atoms with Gasteiger partial charge < -0.3 is 19.3 Å². The zero-order valence-corrected chi connectivity index (χ0v) is 18.6. The number of carbonyl (C=O) groups is 2. The molecule has 0 bridgehead atoms.